The van der Waals surface area contributed by atoms with E-state index in [0.717, 1.165) is 11.1 Å². The number of hydrogen-bond acceptors (Lipinski definition) is 2. The largest absolute Gasteiger partial charge is 0.269 e. The smallest absolute Gasteiger partial charge is 0.258 e. The number of nitrogens with zero attached hydrogens (tertiary/aromatic N) is 1. The lowest BCUT2D eigenvalue weighted by molar-refractivity contribution is -0.384. The molecule has 0 aliphatic rings. The van der Waals surface area contributed by atoms with E-state index in [-0.39, 0.29) is 11.5 Å². The summed E-state index contributed by atoms with van der Waals surface area (Å²) in [5, 5.41) is 10.5. The molecule has 0 atom stereocenters. The highest BCUT2D eigenvalue weighted by Crippen LogP contribution is 2.14. The Hall–Kier alpha value is -2.49. The standard InChI is InChI=1S/C14H10FNO2/c15-13-7-3-11(4-8-13)1-2-12-5-9-14(10-6-12)16(17)18/h1-10H/b2-1-. The molecule has 0 radical (unpaired) electrons. The summed E-state index contributed by atoms with van der Waals surface area (Å²) in [4.78, 5) is 10.0. The first kappa shape index (κ1) is 12.0. The first-order valence-electron chi connectivity index (χ1n) is 5.33. The fourth-order valence-corrected chi connectivity index (χ4v) is 1.47. The second-order valence-corrected chi connectivity index (χ2v) is 3.73. The number of rotatable bonds is 3. The molecule has 0 N–H and O–H groups in total. The Morgan fingerprint density at radius 1 is 0.889 bits per heavy atom. The van der Waals surface area contributed by atoms with Crippen LogP contribution in [0.15, 0.2) is 48.5 Å². The highest BCUT2D eigenvalue weighted by molar-refractivity contribution is 5.69. The average Bonchev–Trinajstić information content (AvgIpc) is 2.38. The number of nitro groups is 1. The molecule has 0 aliphatic carbocycles. The molecule has 2 rings (SSSR count). The molecule has 18 heavy (non-hydrogen) atoms. The molecule has 2 aromatic rings. The van der Waals surface area contributed by atoms with E-state index in [1.807, 2.05) is 12.2 Å². The van der Waals surface area contributed by atoms with Crippen LogP contribution in [0.5, 0.6) is 0 Å². The summed E-state index contributed by atoms with van der Waals surface area (Å²) in [6.45, 7) is 0. The second kappa shape index (κ2) is 5.23. The van der Waals surface area contributed by atoms with Crippen molar-refractivity contribution < 1.29 is 9.31 Å². The van der Waals surface area contributed by atoms with E-state index in [4.69, 9.17) is 0 Å². The maximum Gasteiger partial charge on any atom is 0.269 e. The first-order chi connectivity index (χ1) is 8.65. The van der Waals surface area contributed by atoms with Crippen molar-refractivity contribution in [3.8, 4) is 0 Å². The summed E-state index contributed by atoms with van der Waals surface area (Å²) in [5.74, 6) is -0.275. The van der Waals surface area contributed by atoms with E-state index < -0.39 is 4.92 Å². The van der Waals surface area contributed by atoms with Gasteiger partial charge in [-0.05, 0) is 35.4 Å². The molecule has 0 saturated heterocycles. The number of benzene rings is 2. The van der Waals surface area contributed by atoms with Gasteiger partial charge in [0.05, 0.1) is 4.92 Å². The van der Waals surface area contributed by atoms with E-state index in [2.05, 4.69) is 0 Å². The molecule has 0 saturated carbocycles. The molecule has 2 aromatic carbocycles. The molecule has 3 nitrogen and oxygen atoms in total. The Labute approximate surface area is 103 Å². The lowest BCUT2D eigenvalue weighted by atomic mass is 10.1. The van der Waals surface area contributed by atoms with Gasteiger partial charge in [0.2, 0.25) is 0 Å². The zero-order valence-corrected chi connectivity index (χ0v) is 9.42. The average molecular weight is 243 g/mol. The molecule has 0 fully saturated rings. The predicted octanol–water partition coefficient (Wildman–Crippen LogP) is 3.90. The molecule has 4 heteroatoms. The lowest BCUT2D eigenvalue weighted by Crippen LogP contribution is -1.86. The van der Waals surface area contributed by atoms with Gasteiger partial charge in [-0.25, -0.2) is 4.39 Å². The van der Waals surface area contributed by atoms with Crippen LogP contribution in [0.4, 0.5) is 10.1 Å². The van der Waals surface area contributed by atoms with Gasteiger partial charge in [-0.3, -0.25) is 10.1 Å². The summed E-state index contributed by atoms with van der Waals surface area (Å²) < 4.78 is 12.7. The van der Waals surface area contributed by atoms with Crippen LogP contribution in [0, 0.1) is 15.9 Å². The molecule has 0 aromatic heterocycles. The fraction of sp³-hybridized carbons (Fsp3) is 0. The molecule has 0 amide bonds. The number of non-ortho nitro benzene ring substituents is 1. The molecule has 0 spiro atoms. The third kappa shape index (κ3) is 3.01. The zero-order valence-electron chi connectivity index (χ0n) is 9.42. The topological polar surface area (TPSA) is 43.1 Å². The Balaban J connectivity index is 2.13. The van der Waals surface area contributed by atoms with Gasteiger partial charge in [0.25, 0.3) is 5.69 Å². The molecule has 0 aliphatic heterocycles. The van der Waals surface area contributed by atoms with Gasteiger partial charge >= 0.3 is 0 Å². The highest BCUT2D eigenvalue weighted by atomic mass is 19.1. The van der Waals surface area contributed by atoms with Gasteiger partial charge in [-0.15, -0.1) is 0 Å². The van der Waals surface area contributed by atoms with E-state index in [1.54, 1.807) is 24.3 Å². The van der Waals surface area contributed by atoms with Crippen molar-refractivity contribution in [3.05, 3.63) is 75.6 Å². The van der Waals surface area contributed by atoms with E-state index in [0.29, 0.717) is 0 Å². The van der Waals surface area contributed by atoms with E-state index in [1.165, 1.54) is 24.3 Å². The highest BCUT2D eigenvalue weighted by Gasteiger charge is 2.01. The monoisotopic (exact) mass is 243 g/mol. The van der Waals surface area contributed by atoms with Gasteiger partial charge < -0.3 is 0 Å². The normalized spacial score (nSPS) is 10.7. The summed E-state index contributed by atoms with van der Waals surface area (Å²) in [7, 11) is 0. The Kier molecular flexibility index (Phi) is 3.48. The minimum atomic E-state index is -0.437. The molecular weight excluding hydrogens is 233 g/mol. The van der Waals surface area contributed by atoms with Gasteiger partial charge in [-0.1, -0.05) is 24.3 Å². The summed E-state index contributed by atoms with van der Waals surface area (Å²) in [5.41, 5.74) is 1.79. The van der Waals surface area contributed by atoms with Crippen molar-refractivity contribution in [2.45, 2.75) is 0 Å². The summed E-state index contributed by atoms with van der Waals surface area (Å²) in [6, 6.07) is 12.3. The number of nitro benzene ring substituents is 1. The quantitative estimate of drug-likeness (QED) is 0.466. The SMILES string of the molecule is O=[N+]([O-])c1ccc(/C=C\c2ccc(F)cc2)cc1. The van der Waals surface area contributed by atoms with Gasteiger partial charge in [0.15, 0.2) is 0 Å². The third-order valence-corrected chi connectivity index (χ3v) is 2.44. The van der Waals surface area contributed by atoms with Crippen molar-refractivity contribution >= 4 is 17.8 Å². The van der Waals surface area contributed by atoms with Crippen LogP contribution in [0.3, 0.4) is 0 Å². The van der Waals surface area contributed by atoms with Crippen LogP contribution in [-0.2, 0) is 0 Å². The Morgan fingerprint density at radius 2 is 1.33 bits per heavy atom. The van der Waals surface area contributed by atoms with Crippen LogP contribution in [0.2, 0.25) is 0 Å². The molecule has 0 bridgehead atoms. The number of halogens is 1. The number of hydrogen-bond donors (Lipinski definition) is 0. The molecule has 0 heterocycles. The van der Waals surface area contributed by atoms with Crippen LogP contribution in [0.25, 0.3) is 12.2 Å². The van der Waals surface area contributed by atoms with Crippen molar-refractivity contribution in [2.75, 3.05) is 0 Å². The Morgan fingerprint density at radius 3 is 1.78 bits per heavy atom. The van der Waals surface area contributed by atoms with Crippen LogP contribution in [0.1, 0.15) is 11.1 Å². The van der Waals surface area contributed by atoms with Crippen molar-refractivity contribution in [1.82, 2.24) is 0 Å². The fourth-order valence-electron chi connectivity index (χ4n) is 1.47. The van der Waals surface area contributed by atoms with E-state index >= 15 is 0 Å². The summed E-state index contributed by atoms with van der Waals surface area (Å²) >= 11 is 0. The second-order valence-electron chi connectivity index (χ2n) is 3.73. The predicted molar refractivity (Wildman–Crippen MR) is 68.4 cm³/mol. The van der Waals surface area contributed by atoms with Gasteiger partial charge in [0.1, 0.15) is 5.82 Å². The van der Waals surface area contributed by atoms with Crippen molar-refractivity contribution in [2.24, 2.45) is 0 Å². The third-order valence-electron chi connectivity index (χ3n) is 2.44. The van der Waals surface area contributed by atoms with Gasteiger partial charge in [-0.2, -0.15) is 0 Å². The lowest BCUT2D eigenvalue weighted by Gasteiger charge is -1.95. The maximum absolute atomic E-state index is 12.7. The van der Waals surface area contributed by atoms with Gasteiger partial charge in [0, 0.05) is 12.1 Å². The van der Waals surface area contributed by atoms with Crippen molar-refractivity contribution in [3.63, 3.8) is 0 Å². The summed E-state index contributed by atoms with van der Waals surface area (Å²) in [6.07, 6.45) is 3.64. The minimum Gasteiger partial charge on any atom is -0.258 e. The Bertz CT molecular complexity index is 574. The van der Waals surface area contributed by atoms with Crippen LogP contribution in [-0.4, -0.2) is 4.92 Å². The molecular formula is C14H10FNO2. The maximum atomic E-state index is 12.7. The minimum absolute atomic E-state index is 0.0638. The molecule has 90 valence electrons. The molecule has 0 unspecified atom stereocenters. The van der Waals surface area contributed by atoms with Crippen molar-refractivity contribution in [1.29, 1.82) is 0 Å². The van der Waals surface area contributed by atoms with E-state index in [9.17, 15) is 14.5 Å². The first-order valence-corrected chi connectivity index (χ1v) is 5.33. The zero-order chi connectivity index (χ0) is 13.0. The van der Waals surface area contributed by atoms with Crippen LogP contribution >= 0.6 is 0 Å². The van der Waals surface area contributed by atoms with Crippen LogP contribution < -0.4 is 0 Å².